The van der Waals surface area contributed by atoms with E-state index in [-0.39, 0.29) is 6.03 Å². The van der Waals surface area contributed by atoms with Gasteiger partial charge in [0.15, 0.2) is 0 Å². The summed E-state index contributed by atoms with van der Waals surface area (Å²) in [4.78, 5) is 22.0. The van der Waals surface area contributed by atoms with Crippen molar-refractivity contribution in [1.82, 2.24) is 14.9 Å². The molecule has 0 bridgehead atoms. The van der Waals surface area contributed by atoms with Gasteiger partial charge < -0.3 is 9.88 Å². The molecule has 3 rings (SSSR count). The van der Waals surface area contributed by atoms with E-state index in [2.05, 4.69) is 20.2 Å². The predicted octanol–water partition coefficient (Wildman–Crippen LogP) is 3.91. The lowest BCUT2D eigenvalue weighted by Gasteiger charge is -2.41. The highest BCUT2D eigenvalue weighted by Gasteiger charge is 2.32. The summed E-state index contributed by atoms with van der Waals surface area (Å²) in [6.45, 7) is 0. The number of hydrogen-bond acceptors (Lipinski definition) is 2. The van der Waals surface area contributed by atoms with Crippen LogP contribution in [0.5, 0.6) is 0 Å². The van der Waals surface area contributed by atoms with Gasteiger partial charge in [0.1, 0.15) is 0 Å². The first-order valence-electron chi connectivity index (χ1n) is 8.43. The van der Waals surface area contributed by atoms with Crippen molar-refractivity contribution in [2.24, 2.45) is 0 Å². The first kappa shape index (κ1) is 14.4. The quantitative estimate of drug-likeness (QED) is 0.886. The normalized spacial score (nSPS) is 21.1. The minimum absolute atomic E-state index is 0.0312. The van der Waals surface area contributed by atoms with Gasteiger partial charge in [-0.15, -0.1) is 0 Å². The Balaban J connectivity index is 1.71. The lowest BCUT2D eigenvalue weighted by Crippen LogP contribution is -2.50. The fourth-order valence-electron chi connectivity index (χ4n) is 3.85. The maximum absolute atomic E-state index is 12.8. The zero-order valence-electron chi connectivity index (χ0n) is 12.7. The standard InChI is InChI=1S/C16H26N4O/c21-16(19-15-17-11-12-18-15)20(13-7-3-1-4-8-13)14-9-5-2-6-10-14/h11-14H,1-10H2,(H2,17,18,19,21). The number of nitrogens with one attached hydrogen (secondary N) is 2. The number of aromatic amines is 1. The molecule has 5 nitrogen and oxygen atoms in total. The third-order valence-corrected chi connectivity index (χ3v) is 4.89. The second-order valence-corrected chi connectivity index (χ2v) is 6.36. The number of rotatable bonds is 3. The molecular formula is C16H26N4O. The third kappa shape index (κ3) is 3.57. The number of aromatic nitrogens is 2. The number of hydrogen-bond donors (Lipinski definition) is 2. The van der Waals surface area contributed by atoms with Crippen molar-refractivity contribution < 1.29 is 4.79 Å². The highest BCUT2D eigenvalue weighted by Crippen LogP contribution is 2.30. The number of carbonyl (C=O) groups is 1. The first-order chi connectivity index (χ1) is 10.3. The molecule has 2 saturated carbocycles. The lowest BCUT2D eigenvalue weighted by atomic mass is 9.89. The van der Waals surface area contributed by atoms with Gasteiger partial charge in [-0.3, -0.25) is 5.32 Å². The van der Waals surface area contributed by atoms with Gasteiger partial charge in [-0.1, -0.05) is 38.5 Å². The highest BCUT2D eigenvalue weighted by atomic mass is 16.2. The molecule has 21 heavy (non-hydrogen) atoms. The van der Waals surface area contributed by atoms with E-state index in [4.69, 9.17) is 0 Å². The van der Waals surface area contributed by atoms with E-state index in [0.29, 0.717) is 18.0 Å². The molecular weight excluding hydrogens is 264 g/mol. The SMILES string of the molecule is O=C(Nc1ncc[nH]1)N(C1CCCCC1)C1CCCCC1. The molecule has 2 amide bonds. The number of amides is 2. The van der Waals surface area contributed by atoms with Gasteiger partial charge in [0.2, 0.25) is 5.95 Å². The summed E-state index contributed by atoms with van der Waals surface area (Å²) in [6.07, 6.45) is 15.7. The Morgan fingerprint density at radius 1 is 1.05 bits per heavy atom. The van der Waals surface area contributed by atoms with Crippen molar-refractivity contribution in [3.8, 4) is 0 Å². The van der Waals surface area contributed by atoms with E-state index < -0.39 is 0 Å². The minimum Gasteiger partial charge on any atom is -0.331 e. The van der Waals surface area contributed by atoms with Gasteiger partial charge >= 0.3 is 6.03 Å². The highest BCUT2D eigenvalue weighted by molar-refractivity contribution is 5.88. The second-order valence-electron chi connectivity index (χ2n) is 6.36. The Morgan fingerprint density at radius 3 is 2.10 bits per heavy atom. The minimum atomic E-state index is 0.0312. The Hall–Kier alpha value is -1.52. The van der Waals surface area contributed by atoms with Crippen LogP contribution in [0.15, 0.2) is 12.4 Å². The number of imidazole rings is 1. The molecule has 0 aromatic carbocycles. The summed E-state index contributed by atoms with van der Waals surface area (Å²) in [5.74, 6) is 0.552. The maximum atomic E-state index is 12.8. The summed E-state index contributed by atoms with van der Waals surface area (Å²) < 4.78 is 0. The van der Waals surface area contributed by atoms with Crippen molar-refractivity contribution in [1.29, 1.82) is 0 Å². The van der Waals surface area contributed by atoms with Crippen LogP contribution in [0.3, 0.4) is 0 Å². The number of H-pyrrole nitrogens is 1. The Kier molecular flexibility index (Phi) is 4.78. The van der Waals surface area contributed by atoms with E-state index >= 15 is 0 Å². The van der Waals surface area contributed by atoms with Gasteiger partial charge in [-0.2, -0.15) is 0 Å². The van der Waals surface area contributed by atoms with E-state index in [1.165, 1.54) is 38.5 Å². The van der Waals surface area contributed by atoms with Gasteiger partial charge in [0.05, 0.1) is 0 Å². The Morgan fingerprint density at radius 2 is 1.62 bits per heavy atom. The van der Waals surface area contributed by atoms with Crippen LogP contribution in [0, 0.1) is 0 Å². The summed E-state index contributed by atoms with van der Waals surface area (Å²) in [5, 5.41) is 2.94. The van der Waals surface area contributed by atoms with Crippen molar-refractivity contribution in [2.75, 3.05) is 5.32 Å². The largest absolute Gasteiger partial charge is 0.331 e. The fraction of sp³-hybridized carbons (Fsp3) is 0.750. The number of nitrogens with zero attached hydrogens (tertiary/aromatic N) is 2. The average Bonchev–Trinajstić information content (AvgIpc) is 3.02. The zero-order valence-corrected chi connectivity index (χ0v) is 12.7. The van der Waals surface area contributed by atoms with Crippen LogP contribution in [-0.4, -0.2) is 33.0 Å². The van der Waals surface area contributed by atoms with Crippen LogP contribution in [0.25, 0.3) is 0 Å². The van der Waals surface area contributed by atoms with Crippen LogP contribution < -0.4 is 5.32 Å². The molecule has 1 heterocycles. The summed E-state index contributed by atoms with van der Waals surface area (Å²) in [5.41, 5.74) is 0. The van der Waals surface area contributed by atoms with Crippen molar-refractivity contribution in [3.63, 3.8) is 0 Å². The first-order valence-corrected chi connectivity index (χ1v) is 8.43. The fourth-order valence-corrected chi connectivity index (χ4v) is 3.85. The van der Waals surface area contributed by atoms with Crippen LogP contribution in [0.1, 0.15) is 64.2 Å². The van der Waals surface area contributed by atoms with Gasteiger partial charge in [0, 0.05) is 24.5 Å². The van der Waals surface area contributed by atoms with Crippen molar-refractivity contribution in [3.05, 3.63) is 12.4 Å². The lowest BCUT2D eigenvalue weighted by molar-refractivity contribution is 0.114. The topological polar surface area (TPSA) is 61.0 Å². The molecule has 0 atom stereocenters. The molecule has 1 aromatic heterocycles. The molecule has 2 fully saturated rings. The zero-order chi connectivity index (χ0) is 14.5. The third-order valence-electron chi connectivity index (χ3n) is 4.89. The number of carbonyl (C=O) groups excluding carboxylic acids is 1. The van der Waals surface area contributed by atoms with E-state index in [1.54, 1.807) is 12.4 Å². The monoisotopic (exact) mass is 290 g/mol. The average molecular weight is 290 g/mol. The molecule has 0 spiro atoms. The number of anilines is 1. The molecule has 0 saturated heterocycles. The molecule has 2 N–H and O–H groups in total. The van der Waals surface area contributed by atoms with Crippen molar-refractivity contribution in [2.45, 2.75) is 76.3 Å². The summed E-state index contributed by atoms with van der Waals surface area (Å²) >= 11 is 0. The van der Waals surface area contributed by atoms with E-state index in [9.17, 15) is 4.79 Å². The smallest absolute Gasteiger partial charge is 0.324 e. The van der Waals surface area contributed by atoms with Gasteiger partial charge in [-0.25, -0.2) is 9.78 Å². The van der Waals surface area contributed by atoms with Crippen LogP contribution in [-0.2, 0) is 0 Å². The molecule has 116 valence electrons. The van der Waals surface area contributed by atoms with Crippen LogP contribution >= 0.6 is 0 Å². The summed E-state index contributed by atoms with van der Waals surface area (Å²) in [7, 11) is 0. The molecule has 0 unspecified atom stereocenters. The number of urea groups is 1. The maximum Gasteiger partial charge on any atom is 0.324 e. The van der Waals surface area contributed by atoms with E-state index in [0.717, 1.165) is 25.7 Å². The second kappa shape index (κ2) is 6.96. The predicted molar refractivity (Wildman–Crippen MR) is 83.2 cm³/mol. The van der Waals surface area contributed by atoms with Gasteiger partial charge in [-0.05, 0) is 25.7 Å². The van der Waals surface area contributed by atoms with Crippen molar-refractivity contribution >= 4 is 12.0 Å². The molecule has 5 heteroatoms. The van der Waals surface area contributed by atoms with Gasteiger partial charge in [0.25, 0.3) is 0 Å². The molecule has 0 radical (unpaired) electrons. The Labute approximate surface area is 126 Å². The molecule has 2 aliphatic carbocycles. The Bertz CT molecular complexity index is 415. The molecule has 0 aliphatic heterocycles. The molecule has 1 aromatic rings. The van der Waals surface area contributed by atoms with E-state index in [1.807, 2.05) is 0 Å². The van der Waals surface area contributed by atoms with Crippen LogP contribution in [0.2, 0.25) is 0 Å². The van der Waals surface area contributed by atoms with Crippen LogP contribution in [0.4, 0.5) is 10.7 Å². The summed E-state index contributed by atoms with van der Waals surface area (Å²) in [6, 6.07) is 0.859. The molecule has 2 aliphatic rings.